The molecule has 0 spiro atoms. The second-order valence-corrected chi connectivity index (χ2v) is 4.86. The zero-order valence-corrected chi connectivity index (χ0v) is 10.8. The lowest BCUT2D eigenvalue weighted by atomic mass is 10.3. The Morgan fingerprint density at radius 2 is 2.29 bits per heavy atom. The largest absolute Gasteiger partial charge is 0.485 e. The van der Waals surface area contributed by atoms with Crippen LogP contribution in [-0.4, -0.2) is 24.1 Å². The van der Waals surface area contributed by atoms with Crippen LogP contribution in [0.4, 0.5) is 5.69 Å². The van der Waals surface area contributed by atoms with Crippen LogP contribution in [0.3, 0.4) is 0 Å². The van der Waals surface area contributed by atoms with Crippen molar-refractivity contribution in [2.24, 2.45) is 0 Å². The first-order chi connectivity index (χ1) is 8.16. The summed E-state index contributed by atoms with van der Waals surface area (Å²) in [5.41, 5.74) is -0.00852. The zero-order chi connectivity index (χ0) is 12.3. The second-order valence-electron chi connectivity index (χ2n) is 3.95. The van der Waals surface area contributed by atoms with Gasteiger partial charge in [-0.2, -0.15) is 0 Å². The van der Waals surface area contributed by atoms with Gasteiger partial charge in [-0.1, -0.05) is 15.9 Å². The molecule has 0 saturated heterocycles. The minimum atomic E-state index is -0.436. The molecule has 0 amide bonds. The number of nitrogens with zero attached hydrogens (tertiary/aromatic N) is 1. The van der Waals surface area contributed by atoms with Gasteiger partial charge >= 0.3 is 5.69 Å². The van der Waals surface area contributed by atoms with Crippen LogP contribution in [-0.2, 0) is 0 Å². The van der Waals surface area contributed by atoms with Crippen molar-refractivity contribution in [1.82, 2.24) is 5.32 Å². The summed E-state index contributed by atoms with van der Waals surface area (Å²) in [6.45, 7) is 1.16. The summed E-state index contributed by atoms with van der Waals surface area (Å²) < 4.78 is 6.08. The molecule has 2 rings (SSSR count). The van der Waals surface area contributed by atoms with Gasteiger partial charge in [-0.05, 0) is 25.0 Å². The molecule has 0 heterocycles. The average molecular weight is 301 g/mol. The average Bonchev–Trinajstić information content (AvgIpc) is 3.09. The quantitative estimate of drug-likeness (QED) is 0.498. The van der Waals surface area contributed by atoms with Crippen molar-refractivity contribution >= 4 is 21.6 Å². The van der Waals surface area contributed by atoms with Gasteiger partial charge in [-0.3, -0.25) is 10.1 Å². The van der Waals surface area contributed by atoms with Gasteiger partial charge in [-0.25, -0.2) is 0 Å². The van der Waals surface area contributed by atoms with E-state index in [1.807, 2.05) is 0 Å². The highest BCUT2D eigenvalue weighted by Gasteiger charge is 2.20. The van der Waals surface area contributed by atoms with Gasteiger partial charge in [0.05, 0.1) is 4.92 Å². The van der Waals surface area contributed by atoms with E-state index in [-0.39, 0.29) is 5.69 Å². The monoisotopic (exact) mass is 300 g/mol. The summed E-state index contributed by atoms with van der Waals surface area (Å²) in [6, 6.07) is 5.41. The van der Waals surface area contributed by atoms with E-state index in [1.165, 1.54) is 18.9 Å². The Balaban J connectivity index is 1.91. The molecule has 1 N–H and O–H groups in total. The van der Waals surface area contributed by atoms with E-state index in [0.29, 0.717) is 22.9 Å². The number of rotatable bonds is 6. The van der Waals surface area contributed by atoms with E-state index >= 15 is 0 Å². The third kappa shape index (κ3) is 3.67. The smallest absolute Gasteiger partial charge is 0.312 e. The highest BCUT2D eigenvalue weighted by Crippen LogP contribution is 2.29. The Kier molecular flexibility index (Phi) is 3.96. The van der Waals surface area contributed by atoms with Crippen LogP contribution in [0, 0.1) is 10.1 Å². The normalized spacial score (nSPS) is 14.6. The predicted molar refractivity (Wildman–Crippen MR) is 67.3 cm³/mol. The molecule has 92 valence electrons. The lowest BCUT2D eigenvalue weighted by Gasteiger charge is -2.07. The van der Waals surface area contributed by atoms with Gasteiger partial charge in [-0.15, -0.1) is 0 Å². The first-order valence-electron chi connectivity index (χ1n) is 5.47. The fourth-order valence-corrected chi connectivity index (χ4v) is 1.82. The molecule has 6 heteroatoms. The van der Waals surface area contributed by atoms with Crippen molar-refractivity contribution in [1.29, 1.82) is 0 Å². The summed E-state index contributed by atoms with van der Waals surface area (Å²) in [5, 5.41) is 14.1. The summed E-state index contributed by atoms with van der Waals surface area (Å²) in [5.74, 6) is 0.316. The molecular formula is C11H13BrN2O3. The maximum Gasteiger partial charge on any atom is 0.312 e. The summed E-state index contributed by atoms with van der Waals surface area (Å²) in [7, 11) is 0. The maximum absolute atomic E-state index is 10.8. The van der Waals surface area contributed by atoms with Crippen LogP contribution in [0.25, 0.3) is 0 Å². The van der Waals surface area contributed by atoms with Crippen LogP contribution in [0.2, 0.25) is 0 Å². The van der Waals surface area contributed by atoms with Crippen LogP contribution < -0.4 is 10.1 Å². The number of nitrogens with one attached hydrogen (secondary N) is 1. The first kappa shape index (κ1) is 12.3. The molecule has 0 aromatic heterocycles. The molecule has 0 atom stereocenters. The minimum absolute atomic E-state index is 0.00852. The van der Waals surface area contributed by atoms with E-state index in [1.54, 1.807) is 12.1 Å². The fraction of sp³-hybridized carbons (Fsp3) is 0.455. The van der Waals surface area contributed by atoms with E-state index in [0.717, 1.165) is 6.54 Å². The highest BCUT2D eigenvalue weighted by atomic mass is 79.9. The molecular weight excluding hydrogens is 288 g/mol. The van der Waals surface area contributed by atoms with Crippen molar-refractivity contribution in [3.63, 3.8) is 0 Å². The van der Waals surface area contributed by atoms with Gasteiger partial charge in [0.2, 0.25) is 0 Å². The van der Waals surface area contributed by atoms with Crippen molar-refractivity contribution in [3.8, 4) is 5.75 Å². The van der Waals surface area contributed by atoms with Crippen LogP contribution in [0.15, 0.2) is 22.7 Å². The molecule has 1 fully saturated rings. The Labute approximate surface area is 107 Å². The Morgan fingerprint density at radius 1 is 1.53 bits per heavy atom. The highest BCUT2D eigenvalue weighted by molar-refractivity contribution is 9.10. The molecule has 0 bridgehead atoms. The van der Waals surface area contributed by atoms with E-state index in [2.05, 4.69) is 21.2 Å². The number of nitro groups is 1. The van der Waals surface area contributed by atoms with E-state index < -0.39 is 4.92 Å². The predicted octanol–water partition coefficient (Wildman–Crippen LogP) is 2.49. The lowest BCUT2D eigenvalue weighted by molar-refractivity contribution is -0.385. The molecule has 1 saturated carbocycles. The Hall–Kier alpha value is -1.14. The molecule has 0 aliphatic heterocycles. The number of ether oxygens (including phenoxy) is 1. The molecule has 0 radical (unpaired) electrons. The lowest BCUT2D eigenvalue weighted by Crippen LogP contribution is -2.23. The Morgan fingerprint density at radius 3 is 2.94 bits per heavy atom. The van der Waals surface area contributed by atoms with Crippen molar-refractivity contribution in [2.45, 2.75) is 18.9 Å². The Bertz CT molecular complexity index is 421. The van der Waals surface area contributed by atoms with E-state index in [9.17, 15) is 10.1 Å². The zero-order valence-electron chi connectivity index (χ0n) is 9.19. The molecule has 5 nitrogen and oxygen atoms in total. The maximum atomic E-state index is 10.8. The van der Waals surface area contributed by atoms with E-state index in [4.69, 9.17) is 4.74 Å². The minimum Gasteiger partial charge on any atom is -0.485 e. The van der Waals surface area contributed by atoms with Gasteiger partial charge in [0, 0.05) is 23.1 Å². The van der Waals surface area contributed by atoms with Crippen LogP contribution in [0.1, 0.15) is 12.8 Å². The third-order valence-electron chi connectivity index (χ3n) is 2.49. The summed E-state index contributed by atoms with van der Waals surface area (Å²) in [4.78, 5) is 10.4. The number of hydrogen-bond acceptors (Lipinski definition) is 4. The molecule has 17 heavy (non-hydrogen) atoms. The topological polar surface area (TPSA) is 64.4 Å². The molecule has 1 aromatic rings. The molecule has 1 aliphatic carbocycles. The first-order valence-corrected chi connectivity index (χ1v) is 6.26. The summed E-state index contributed by atoms with van der Waals surface area (Å²) >= 11 is 3.20. The molecule has 0 unspecified atom stereocenters. The van der Waals surface area contributed by atoms with Crippen molar-refractivity contribution < 1.29 is 9.66 Å². The van der Waals surface area contributed by atoms with Gasteiger partial charge in [0.25, 0.3) is 0 Å². The van der Waals surface area contributed by atoms with Gasteiger partial charge < -0.3 is 10.1 Å². The number of nitro benzene ring substituents is 1. The SMILES string of the molecule is O=[N+]([O-])c1cc(Br)ccc1OCCNC1CC1. The third-order valence-corrected chi connectivity index (χ3v) is 2.98. The number of hydrogen-bond donors (Lipinski definition) is 1. The number of halogens is 1. The van der Waals surface area contributed by atoms with Gasteiger partial charge in [0.1, 0.15) is 6.61 Å². The van der Waals surface area contributed by atoms with Crippen molar-refractivity contribution in [2.75, 3.05) is 13.2 Å². The van der Waals surface area contributed by atoms with Crippen molar-refractivity contribution in [3.05, 3.63) is 32.8 Å². The fourth-order valence-electron chi connectivity index (χ4n) is 1.47. The van der Waals surface area contributed by atoms with Crippen LogP contribution >= 0.6 is 15.9 Å². The standard InChI is InChI=1S/C11H13BrN2O3/c12-8-1-4-11(10(7-8)14(15)16)17-6-5-13-9-2-3-9/h1,4,7,9,13H,2-3,5-6H2. The number of benzene rings is 1. The summed E-state index contributed by atoms with van der Waals surface area (Å²) in [6.07, 6.45) is 2.44. The second kappa shape index (κ2) is 5.46. The molecule has 1 aliphatic rings. The van der Waals surface area contributed by atoms with Crippen LogP contribution in [0.5, 0.6) is 5.75 Å². The molecule has 1 aromatic carbocycles. The van der Waals surface area contributed by atoms with Gasteiger partial charge in [0.15, 0.2) is 5.75 Å².